The number of carbonyl (C=O) groups excluding carboxylic acids is 4. The molecule has 39 heavy (non-hydrogen) atoms. The van der Waals surface area contributed by atoms with Gasteiger partial charge in [0.2, 0.25) is 11.8 Å². The van der Waals surface area contributed by atoms with Gasteiger partial charge in [-0.3, -0.25) is 24.1 Å². The third-order valence-corrected chi connectivity index (χ3v) is 9.06. The summed E-state index contributed by atoms with van der Waals surface area (Å²) in [6, 6.07) is 12.3. The molecule has 1 saturated heterocycles. The summed E-state index contributed by atoms with van der Waals surface area (Å²) in [5.41, 5.74) is 3.91. The highest BCUT2D eigenvalue weighted by Crippen LogP contribution is 2.56. The number of phenols is 1. The summed E-state index contributed by atoms with van der Waals surface area (Å²) in [6.07, 6.45) is 4.67. The lowest BCUT2D eigenvalue weighted by molar-refractivity contribution is -0.123. The number of hydrogen-bond acceptors (Lipinski definition) is 6. The number of phenolic OH excluding ortho intramolecular Hbond substituents is 1. The van der Waals surface area contributed by atoms with Crippen LogP contribution in [0.2, 0.25) is 0 Å². The Bertz CT molecular complexity index is 1550. The molecule has 198 valence electrons. The smallest absolute Gasteiger partial charge is 0.238 e. The van der Waals surface area contributed by atoms with Crippen LogP contribution < -0.4 is 9.64 Å². The molecular formula is C31H26BrNO6. The Labute approximate surface area is 234 Å². The van der Waals surface area contributed by atoms with Crippen molar-refractivity contribution in [1.29, 1.82) is 0 Å². The van der Waals surface area contributed by atoms with Crippen LogP contribution in [0.1, 0.15) is 36.8 Å². The van der Waals surface area contributed by atoms with Gasteiger partial charge in [-0.25, -0.2) is 0 Å². The molecule has 2 aromatic carbocycles. The van der Waals surface area contributed by atoms with E-state index in [0.29, 0.717) is 28.8 Å². The minimum Gasteiger partial charge on any atom is -0.504 e. The Morgan fingerprint density at radius 2 is 1.77 bits per heavy atom. The second-order valence-corrected chi connectivity index (χ2v) is 11.2. The Morgan fingerprint density at radius 1 is 1.03 bits per heavy atom. The average molecular weight is 588 g/mol. The molecule has 1 fully saturated rings. The molecule has 0 radical (unpaired) electrons. The predicted octanol–water partition coefficient (Wildman–Crippen LogP) is 4.93. The average Bonchev–Trinajstić information content (AvgIpc) is 3.20. The van der Waals surface area contributed by atoms with Crippen LogP contribution >= 0.6 is 15.9 Å². The van der Waals surface area contributed by atoms with Crippen LogP contribution in [0.25, 0.3) is 0 Å². The van der Waals surface area contributed by atoms with Crippen molar-refractivity contribution in [3.63, 3.8) is 0 Å². The number of carbonyl (C=O) groups is 4. The van der Waals surface area contributed by atoms with Crippen molar-refractivity contribution < 1.29 is 29.0 Å². The summed E-state index contributed by atoms with van der Waals surface area (Å²) in [5, 5.41) is 10.2. The van der Waals surface area contributed by atoms with Crippen LogP contribution in [0.4, 0.5) is 5.69 Å². The molecule has 1 N–H and O–H groups in total. The maximum atomic E-state index is 14.0. The summed E-state index contributed by atoms with van der Waals surface area (Å²) >= 11 is 3.24. The number of ketones is 2. The van der Waals surface area contributed by atoms with E-state index in [0.717, 1.165) is 17.6 Å². The van der Waals surface area contributed by atoms with Gasteiger partial charge in [-0.15, -0.1) is 0 Å². The standard InChI is InChI=1S/C31H26BrNO6/c1-3-15-4-7-17(8-5-15)33-30(37)19-10-9-18-20(27(19)31(33)38)13-21-28(24(35)14-22(32)29(21)36)26(18)16-6-11-23(34)25(12-16)39-2/h4-9,11-12,14,19-20,26-27,34H,3,10,13H2,1-2H3. The molecule has 0 saturated carbocycles. The second kappa shape index (κ2) is 9.45. The SMILES string of the molecule is CCc1ccc(N2C(=O)C3CC=C4C(c5ccc(O)c(OC)c5)C5=C(CC4C3C2=O)C(=O)C(Br)=CC5=O)cc1. The number of fused-ring (bicyclic) bond motifs is 3. The summed E-state index contributed by atoms with van der Waals surface area (Å²) in [5.74, 6) is -3.11. The van der Waals surface area contributed by atoms with Crippen molar-refractivity contribution in [2.45, 2.75) is 32.1 Å². The number of hydrogen-bond donors (Lipinski definition) is 1. The topological polar surface area (TPSA) is 101 Å². The zero-order chi connectivity index (χ0) is 27.6. The van der Waals surface area contributed by atoms with Gasteiger partial charge in [0, 0.05) is 23.1 Å². The summed E-state index contributed by atoms with van der Waals surface area (Å²) < 4.78 is 5.51. The molecule has 4 unspecified atom stereocenters. The van der Waals surface area contributed by atoms with Gasteiger partial charge in [0.25, 0.3) is 0 Å². The zero-order valence-electron chi connectivity index (χ0n) is 21.4. The lowest BCUT2D eigenvalue weighted by atomic mass is 9.59. The van der Waals surface area contributed by atoms with E-state index < -0.39 is 23.7 Å². The minimum atomic E-state index is -0.647. The van der Waals surface area contributed by atoms with Crippen molar-refractivity contribution in [3.8, 4) is 11.5 Å². The van der Waals surface area contributed by atoms with Gasteiger partial charge in [0.05, 0.1) is 29.1 Å². The van der Waals surface area contributed by atoms with Crippen LogP contribution in [0.3, 0.4) is 0 Å². The van der Waals surface area contributed by atoms with E-state index in [1.54, 1.807) is 24.3 Å². The molecule has 0 aromatic heterocycles. The lowest BCUT2D eigenvalue weighted by Crippen LogP contribution is -2.39. The number of imide groups is 1. The number of methoxy groups -OCH3 is 1. The van der Waals surface area contributed by atoms with Crippen LogP contribution in [0.5, 0.6) is 11.5 Å². The number of anilines is 1. The Hall–Kier alpha value is -3.78. The molecule has 4 aliphatic rings. The summed E-state index contributed by atoms with van der Waals surface area (Å²) in [7, 11) is 1.44. The van der Waals surface area contributed by atoms with Crippen molar-refractivity contribution >= 4 is 45.0 Å². The second-order valence-electron chi connectivity index (χ2n) is 10.4. The van der Waals surface area contributed by atoms with Crippen molar-refractivity contribution in [2.24, 2.45) is 17.8 Å². The van der Waals surface area contributed by atoms with E-state index in [1.165, 1.54) is 24.2 Å². The maximum Gasteiger partial charge on any atom is 0.238 e. The molecule has 2 amide bonds. The molecule has 4 atom stereocenters. The number of aryl methyl sites for hydroxylation is 1. The highest BCUT2D eigenvalue weighted by Gasteiger charge is 2.56. The fraction of sp³-hybridized carbons (Fsp3) is 0.290. The number of ether oxygens (including phenoxy) is 1. The highest BCUT2D eigenvalue weighted by molar-refractivity contribution is 9.12. The van der Waals surface area contributed by atoms with E-state index >= 15 is 0 Å². The van der Waals surface area contributed by atoms with Gasteiger partial charge in [-0.2, -0.15) is 0 Å². The number of allylic oxidation sites excluding steroid dienone is 6. The number of halogens is 1. The molecule has 0 bridgehead atoms. The minimum absolute atomic E-state index is 0.0458. The third kappa shape index (κ3) is 3.84. The van der Waals surface area contributed by atoms with Crippen LogP contribution in [-0.4, -0.2) is 35.6 Å². The van der Waals surface area contributed by atoms with Gasteiger partial charge in [0.1, 0.15) is 0 Å². The quantitative estimate of drug-likeness (QED) is 0.309. The van der Waals surface area contributed by atoms with Gasteiger partial charge in [-0.05, 0) is 76.5 Å². The zero-order valence-corrected chi connectivity index (χ0v) is 23.0. The van der Waals surface area contributed by atoms with Crippen molar-refractivity contribution in [1.82, 2.24) is 0 Å². The number of amides is 2. The Morgan fingerprint density at radius 3 is 2.46 bits per heavy atom. The van der Waals surface area contributed by atoms with Crippen molar-refractivity contribution in [3.05, 3.63) is 86.9 Å². The van der Waals surface area contributed by atoms with E-state index in [1.807, 2.05) is 25.1 Å². The van der Waals surface area contributed by atoms with Crippen molar-refractivity contribution in [2.75, 3.05) is 12.0 Å². The molecule has 8 heteroatoms. The first kappa shape index (κ1) is 25.5. The number of nitrogens with zero attached hydrogens (tertiary/aromatic N) is 1. The molecule has 3 aliphatic carbocycles. The first-order valence-corrected chi connectivity index (χ1v) is 13.8. The van der Waals surface area contributed by atoms with E-state index in [2.05, 4.69) is 15.9 Å². The number of benzene rings is 2. The van der Waals surface area contributed by atoms with Gasteiger partial charge >= 0.3 is 0 Å². The fourth-order valence-electron chi connectivity index (χ4n) is 6.60. The van der Waals surface area contributed by atoms with Crippen LogP contribution in [0, 0.1) is 17.8 Å². The van der Waals surface area contributed by atoms with Gasteiger partial charge < -0.3 is 9.84 Å². The van der Waals surface area contributed by atoms with E-state index in [-0.39, 0.29) is 45.8 Å². The van der Waals surface area contributed by atoms with Crippen LogP contribution in [0.15, 0.2) is 75.8 Å². The fourth-order valence-corrected chi connectivity index (χ4v) is 7.04. The normalized spacial score (nSPS) is 26.2. The largest absolute Gasteiger partial charge is 0.504 e. The molecule has 1 heterocycles. The third-order valence-electron chi connectivity index (χ3n) is 8.47. The molecule has 7 nitrogen and oxygen atoms in total. The first-order valence-electron chi connectivity index (χ1n) is 13.0. The summed E-state index contributed by atoms with van der Waals surface area (Å²) in [4.78, 5) is 55.5. The van der Waals surface area contributed by atoms with E-state index in [9.17, 15) is 24.3 Å². The number of Topliss-reactive ketones (excluding diaryl/α,β-unsaturated/α-hetero) is 1. The molecule has 0 spiro atoms. The highest BCUT2D eigenvalue weighted by atomic mass is 79.9. The number of aromatic hydroxyl groups is 1. The lowest BCUT2D eigenvalue weighted by Gasteiger charge is -2.42. The molecule has 2 aromatic rings. The molecular weight excluding hydrogens is 562 g/mol. The summed E-state index contributed by atoms with van der Waals surface area (Å²) in [6.45, 7) is 2.04. The number of rotatable bonds is 4. The molecule has 1 aliphatic heterocycles. The Balaban J connectivity index is 1.47. The maximum absolute atomic E-state index is 14.0. The van der Waals surface area contributed by atoms with Gasteiger partial charge in [-0.1, -0.05) is 36.8 Å². The van der Waals surface area contributed by atoms with Crippen LogP contribution in [-0.2, 0) is 25.6 Å². The van der Waals surface area contributed by atoms with E-state index in [4.69, 9.17) is 4.74 Å². The Kier molecular flexibility index (Phi) is 6.18. The van der Waals surface area contributed by atoms with Gasteiger partial charge in [0.15, 0.2) is 23.1 Å². The molecule has 6 rings (SSSR count). The predicted molar refractivity (Wildman–Crippen MR) is 148 cm³/mol. The first-order chi connectivity index (χ1) is 18.7. The monoisotopic (exact) mass is 587 g/mol.